The molecule has 7 nitrogen and oxygen atoms in total. The number of nitrogens with two attached hydrogens (primary N) is 1. The van der Waals surface area contributed by atoms with E-state index >= 15 is 0 Å². The highest BCUT2D eigenvalue weighted by Gasteiger charge is 2.30. The minimum Gasteiger partial charge on any atom is -0.398 e. The molecule has 2 saturated carbocycles. The van der Waals surface area contributed by atoms with Crippen LogP contribution in [-0.2, 0) is 9.59 Å². The summed E-state index contributed by atoms with van der Waals surface area (Å²) in [6.07, 6.45) is 8.34. The summed E-state index contributed by atoms with van der Waals surface area (Å²) in [5, 5.41) is 5.79. The molecule has 0 spiro atoms. The summed E-state index contributed by atoms with van der Waals surface area (Å²) < 4.78 is 3.19. The molecule has 2 aliphatic rings. The molecule has 2 aromatic rings. The van der Waals surface area contributed by atoms with Crippen molar-refractivity contribution in [2.24, 2.45) is 10.9 Å². The predicted molar refractivity (Wildman–Crippen MR) is 153 cm³/mol. The van der Waals surface area contributed by atoms with E-state index in [4.69, 9.17) is 5.73 Å². The van der Waals surface area contributed by atoms with Crippen molar-refractivity contribution in [2.45, 2.75) is 44.4 Å². The zero-order valence-corrected chi connectivity index (χ0v) is 23.3. The second-order valence-electron chi connectivity index (χ2n) is 9.35. The Morgan fingerprint density at radius 2 is 1.89 bits per heavy atom. The fraction of sp³-hybridized carbons (Fsp3) is 0.444. The first kappa shape index (κ1) is 26.5. The van der Waals surface area contributed by atoms with Crippen LogP contribution in [0.2, 0.25) is 0 Å². The van der Waals surface area contributed by atoms with Gasteiger partial charge in [0.1, 0.15) is 5.71 Å². The van der Waals surface area contributed by atoms with Crippen LogP contribution in [0.25, 0.3) is 0 Å². The summed E-state index contributed by atoms with van der Waals surface area (Å²) in [5.74, 6) is 0.578. The third-order valence-electron chi connectivity index (χ3n) is 6.78. The summed E-state index contributed by atoms with van der Waals surface area (Å²) in [7, 11) is 1.60. The number of likely N-dealkylation sites (N-methyl/N-ethyl adjacent to an activating group) is 1. The lowest BCUT2D eigenvalue weighted by Crippen LogP contribution is -2.35. The highest BCUT2D eigenvalue weighted by molar-refractivity contribution is 9.10. The van der Waals surface area contributed by atoms with E-state index in [1.807, 2.05) is 30.3 Å². The molecule has 0 radical (unpaired) electrons. The van der Waals surface area contributed by atoms with Crippen LogP contribution in [0.1, 0.15) is 55.6 Å². The average Bonchev–Trinajstić information content (AvgIpc) is 3.68. The molecular formula is C27H34BrN5O2S. The van der Waals surface area contributed by atoms with E-state index in [0.29, 0.717) is 35.1 Å². The van der Waals surface area contributed by atoms with Gasteiger partial charge in [-0.3, -0.25) is 9.59 Å². The van der Waals surface area contributed by atoms with Gasteiger partial charge in [0, 0.05) is 48.0 Å². The van der Waals surface area contributed by atoms with Gasteiger partial charge in [0.15, 0.2) is 0 Å². The second-order valence-corrected chi connectivity index (χ2v) is 11.1. The molecule has 0 bridgehead atoms. The van der Waals surface area contributed by atoms with Crippen molar-refractivity contribution in [2.75, 3.05) is 36.4 Å². The Morgan fingerprint density at radius 1 is 1.17 bits per heavy atom. The summed E-state index contributed by atoms with van der Waals surface area (Å²) >= 11 is 5.09. The monoisotopic (exact) mass is 571 g/mol. The van der Waals surface area contributed by atoms with E-state index in [2.05, 4.69) is 48.2 Å². The number of nitrogens with zero attached hydrogens (tertiary/aromatic N) is 2. The number of nitrogens with one attached hydrogen (secondary N) is 2. The van der Waals surface area contributed by atoms with Gasteiger partial charge in [-0.05, 0) is 80.0 Å². The Bertz CT molecular complexity index is 1130. The standard InChI is InChI=1S/C27H34BrN5O2S/c1-30-27(35)25(32-20-11-9-19(28)10-12-20)22-15-21(17-7-8-17)24(16-23(22)29)33(36-2)14-4-13-31-26(34)18-5-3-6-18/h9-12,15-18H,3-8,13-14,29H2,1-2H3,(H,30,35)(H,31,34). The van der Waals surface area contributed by atoms with Crippen molar-refractivity contribution in [1.29, 1.82) is 0 Å². The number of benzene rings is 2. The van der Waals surface area contributed by atoms with E-state index in [0.717, 1.165) is 55.2 Å². The topological polar surface area (TPSA) is 99.8 Å². The molecule has 36 heavy (non-hydrogen) atoms. The number of carbonyl (C=O) groups excluding carboxylic acids is 2. The van der Waals surface area contributed by atoms with Crippen LogP contribution in [-0.4, -0.2) is 43.9 Å². The smallest absolute Gasteiger partial charge is 0.270 e. The molecule has 9 heteroatoms. The van der Waals surface area contributed by atoms with E-state index < -0.39 is 0 Å². The van der Waals surface area contributed by atoms with Gasteiger partial charge in [-0.2, -0.15) is 0 Å². The van der Waals surface area contributed by atoms with E-state index in [9.17, 15) is 9.59 Å². The van der Waals surface area contributed by atoms with Gasteiger partial charge in [0.2, 0.25) is 5.91 Å². The van der Waals surface area contributed by atoms with Crippen LogP contribution in [0.5, 0.6) is 0 Å². The highest BCUT2D eigenvalue weighted by atomic mass is 79.9. The SMILES string of the molecule is CNC(=O)C(=Nc1ccc(Br)cc1)c1cc(C2CC2)c(N(CCCNC(=O)C2CCC2)SC)cc1N. The largest absolute Gasteiger partial charge is 0.398 e. The fourth-order valence-electron chi connectivity index (χ4n) is 4.32. The first-order valence-corrected chi connectivity index (χ1v) is 14.5. The first-order valence-electron chi connectivity index (χ1n) is 12.5. The van der Waals surface area contributed by atoms with Crippen molar-refractivity contribution in [3.63, 3.8) is 0 Å². The maximum atomic E-state index is 12.9. The lowest BCUT2D eigenvalue weighted by Gasteiger charge is -2.27. The lowest BCUT2D eigenvalue weighted by atomic mass is 9.85. The number of amides is 2. The van der Waals surface area contributed by atoms with Gasteiger partial charge >= 0.3 is 0 Å². The van der Waals surface area contributed by atoms with Gasteiger partial charge in [0.25, 0.3) is 5.91 Å². The van der Waals surface area contributed by atoms with E-state index in [-0.39, 0.29) is 17.7 Å². The molecule has 0 atom stereocenters. The summed E-state index contributed by atoms with van der Waals surface area (Å²) in [4.78, 5) is 29.7. The van der Waals surface area contributed by atoms with Gasteiger partial charge < -0.3 is 20.7 Å². The van der Waals surface area contributed by atoms with Gasteiger partial charge in [-0.25, -0.2) is 4.99 Å². The third kappa shape index (κ3) is 6.42. The molecule has 2 amide bonds. The minimum absolute atomic E-state index is 0.191. The van der Waals surface area contributed by atoms with Crippen LogP contribution in [0, 0.1) is 5.92 Å². The van der Waals surface area contributed by atoms with Crippen molar-refractivity contribution < 1.29 is 9.59 Å². The molecule has 0 heterocycles. The zero-order chi connectivity index (χ0) is 25.7. The highest BCUT2D eigenvalue weighted by Crippen LogP contribution is 2.47. The van der Waals surface area contributed by atoms with Crippen molar-refractivity contribution in [3.8, 4) is 0 Å². The predicted octanol–water partition coefficient (Wildman–Crippen LogP) is 5.17. The Kier molecular flexibility index (Phi) is 8.95. The molecule has 192 valence electrons. The number of halogens is 1. The summed E-state index contributed by atoms with van der Waals surface area (Å²) in [5.41, 5.74) is 11.0. The maximum Gasteiger partial charge on any atom is 0.270 e. The number of carbonyl (C=O) groups is 2. The summed E-state index contributed by atoms with van der Waals surface area (Å²) in [6, 6.07) is 11.5. The molecule has 2 aromatic carbocycles. The second kappa shape index (κ2) is 12.1. The number of nitrogen functional groups attached to an aromatic ring is 1. The van der Waals surface area contributed by atoms with Crippen LogP contribution in [0.15, 0.2) is 45.9 Å². The van der Waals surface area contributed by atoms with Crippen LogP contribution < -0.4 is 20.7 Å². The molecule has 0 aliphatic heterocycles. The Morgan fingerprint density at radius 3 is 2.47 bits per heavy atom. The number of anilines is 2. The van der Waals surface area contributed by atoms with Gasteiger partial charge in [-0.1, -0.05) is 34.3 Å². The molecule has 0 aromatic heterocycles. The van der Waals surface area contributed by atoms with Gasteiger partial charge in [-0.15, -0.1) is 0 Å². The number of aliphatic imine (C=N–C) groups is 1. The van der Waals surface area contributed by atoms with Gasteiger partial charge in [0.05, 0.1) is 11.4 Å². The van der Waals surface area contributed by atoms with Crippen LogP contribution >= 0.6 is 27.9 Å². The Balaban J connectivity index is 1.57. The van der Waals surface area contributed by atoms with E-state index in [1.54, 1.807) is 19.0 Å². The fourth-order valence-corrected chi connectivity index (χ4v) is 5.25. The average molecular weight is 573 g/mol. The third-order valence-corrected chi connectivity index (χ3v) is 8.13. The molecule has 4 rings (SSSR count). The minimum atomic E-state index is -0.275. The molecule has 0 unspecified atom stereocenters. The maximum absolute atomic E-state index is 12.9. The number of rotatable bonds is 11. The molecule has 2 fully saturated rings. The summed E-state index contributed by atoms with van der Waals surface area (Å²) in [6.45, 7) is 1.46. The number of hydrogen-bond donors (Lipinski definition) is 3. The molecule has 0 saturated heterocycles. The number of hydrogen-bond acceptors (Lipinski definition) is 6. The first-order chi connectivity index (χ1) is 17.4. The molecular weight excluding hydrogens is 538 g/mol. The zero-order valence-electron chi connectivity index (χ0n) is 20.9. The lowest BCUT2D eigenvalue weighted by molar-refractivity contribution is -0.127. The van der Waals surface area contributed by atoms with Crippen LogP contribution in [0.3, 0.4) is 0 Å². The Labute approximate surface area is 225 Å². The Hall–Kier alpha value is -2.52. The van der Waals surface area contributed by atoms with Crippen molar-refractivity contribution in [3.05, 3.63) is 52.0 Å². The normalized spacial score (nSPS) is 15.8. The molecule has 2 aliphatic carbocycles. The molecule has 4 N–H and O–H groups in total. The van der Waals surface area contributed by atoms with Crippen LogP contribution in [0.4, 0.5) is 17.1 Å². The van der Waals surface area contributed by atoms with Crippen molar-refractivity contribution >= 4 is 62.5 Å². The quantitative estimate of drug-likeness (QED) is 0.149. The van der Waals surface area contributed by atoms with E-state index in [1.165, 1.54) is 5.56 Å². The van der Waals surface area contributed by atoms with Crippen molar-refractivity contribution in [1.82, 2.24) is 10.6 Å².